The Labute approximate surface area is 135 Å². The van der Waals surface area contributed by atoms with Crippen molar-refractivity contribution in [1.82, 2.24) is 0 Å². The van der Waals surface area contributed by atoms with Gasteiger partial charge in [-0.2, -0.15) is 13.7 Å². The van der Waals surface area contributed by atoms with Crippen LogP contribution in [0.5, 0.6) is 0 Å². The second-order valence-corrected chi connectivity index (χ2v) is 6.41. The number of rotatable bonds is 6. The van der Waals surface area contributed by atoms with Gasteiger partial charge < -0.3 is 0 Å². The van der Waals surface area contributed by atoms with Crippen LogP contribution in [0.4, 0.5) is 5.69 Å². The molecule has 0 aliphatic carbocycles. The van der Waals surface area contributed by atoms with Crippen molar-refractivity contribution in [3.63, 3.8) is 0 Å². The second-order valence-electron chi connectivity index (χ2n) is 4.83. The first-order chi connectivity index (χ1) is 11.0. The topological polar surface area (TPSA) is 85.9 Å². The van der Waals surface area contributed by atoms with Gasteiger partial charge in [0.05, 0.1) is 29.6 Å². The molecule has 2 rings (SSSR count). The first kappa shape index (κ1) is 16.6. The first-order valence-corrected chi connectivity index (χ1v) is 8.41. The predicted molar refractivity (Wildman–Crippen MR) is 87.2 cm³/mol. The summed E-state index contributed by atoms with van der Waals surface area (Å²) in [5.74, 6) is 0. The fourth-order valence-corrected chi connectivity index (χ4v) is 2.59. The number of aryl methyl sites for hydroxylation is 1. The van der Waals surface area contributed by atoms with E-state index in [1.807, 2.05) is 19.1 Å². The Kier molecular flexibility index (Phi) is 5.44. The van der Waals surface area contributed by atoms with Crippen LogP contribution in [0.25, 0.3) is 0 Å². The summed E-state index contributed by atoms with van der Waals surface area (Å²) in [5.41, 5.74) is 1.63. The van der Waals surface area contributed by atoms with Gasteiger partial charge in [-0.1, -0.05) is 41.1 Å². The number of anilines is 1. The van der Waals surface area contributed by atoms with E-state index in [0.29, 0.717) is 5.69 Å². The highest BCUT2D eigenvalue weighted by atomic mass is 32.2. The van der Waals surface area contributed by atoms with Gasteiger partial charge in [0.25, 0.3) is 0 Å². The normalized spacial score (nSPS) is 11.3. The van der Waals surface area contributed by atoms with Crippen molar-refractivity contribution in [3.8, 4) is 6.07 Å². The lowest BCUT2D eigenvalue weighted by Crippen LogP contribution is -2.17. The molecule has 0 saturated heterocycles. The summed E-state index contributed by atoms with van der Waals surface area (Å²) < 4.78 is 27.9. The SMILES string of the molecule is Cc1ccc(S(=O)(=O)N=NN(CCC#N)c2ccccc2)cc1. The van der Waals surface area contributed by atoms with Crippen LogP contribution in [-0.2, 0) is 10.0 Å². The molecular weight excluding hydrogens is 312 g/mol. The maximum Gasteiger partial charge on any atom is 0.301 e. The van der Waals surface area contributed by atoms with E-state index in [1.54, 1.807) is 36.4 Å². The van der Waals surface area contributed by atoms with E-state index >= 15 is 0 Å². The van der Waals surface area contributed by atoms with Crippen LogP contribution in [-0.4, -0.2) is 15.0 Å². The molecule has 0 aliphatic heterocycles. The zero-order chi connectivity index (χ0) is 16.7. The number of para-hydroxylation sites is 1. The number of sulfonamides is 1. The molecule has 0 aromatic heterocycles. The molecule has 0 amide bonds. The van der Waals surface area contributed by atoms with Gasteiger partial charge >= 0.3 is 10.0 Å². The lowest BCUT2D eigenvalue weighted by Gasteiger charge is -2.15. The van der Waals surface area contributed by atoms with Crippen molar-refractivity contribution in [2.75, 3.05) is 11.6 Å². The number of nitrogens with zero attached hydrogens (tertiary/aromatic N) is 4. The van der Waals surface area contributed by atoms with E-state index in [-0.39, 0.29) is 17.9 Å². The first-order valence-electron chi connectivity index (χ1n) is 6.97. The number of hydrogen-bond acceptors (Lipinski definition) is 4. The van der Waals surface area contributed by atoms with E-state index in [2.05, 4.69) is 9.74 Å². The summed E-state index contributed by atoms with van der Waals surface area (Å²) in [4.78, 5) is 0.0835. The minimum Gasteiger partial charge on any atom is -0.245 e. The van der Waals surface area contributed by atoms with Gasteiger partial charge in [0.15, 0.2) is 0 Å². The smallest absolute Gasteiger partial charge is 0.245 e. The van der Waals surface area contributed by atoms with Crippen molar-refractivity contribution >= 4 is 15.7 Å². The highest BCUT2D eigenvalue weighted by Crippen LogP contribution is 2.17. The highest BCUT2D eigenvalue weighted by molar-refractivity contribution is 7.90. The molecule has 0 spiro atoms. The third-order valence-electron chi connectivity index (χ3n) is 3.06. The summed E-state index contributed by atoms with van der Waals surface area (Å²) in [5, 5.41) is 13.9. The lowest BCUT2D eigenvalue weighted by molar-refractivity contribution is 0.593. The fourth-order valence-electron chi connectivity index (χ4n) is 1.83. The minimum atomic E-state index is -3.87. The van der Waals surface area contributed by atoms with Crippen molar-refractivity contribution in [3.05, 3.63) is 60.2 Å². The van der Waals surface area contributed by atoms with Crippen LogP contribution >= 0.6 is 0 Å². The monoisotopic (exact) mass is 328 g/mol. The molecule has 0 N–H and O–H groups in total. The Morgan fingerprint density at radius 2 is 1.74 bits per heavy atom. The average Bonchev–Trinajstić information content (AvgIpc) is 2.56. The van der Waals surface area contributed by atoms with Crippen LogP contribution in [0.15, 0.2) is 69.2 Å². The molecule has 23 heavy (non-hydrogen) atoms. The Bertz CT molecular complexity index is 809. The van der Waals surface area contributed by atoms with Gasteiger partial charge in [-0.15, -0.1) is 0 Å². The number of benzene rings is 2. The molecule has 2 aromatic carbocycles. The average molecular weight is 328 g/mol. The van der Waals surface area contributed by atoms with Crippen molar-refractivity contribution in [1.29, 1.82) is 5.26 Å². The molecule has 0 fully saturated rings. The van der Waals surface area contributed by atoms with Gasteiger partial charge in [-0.25, -0.2) is 5.01 Å². The van der Waals surface area contributed by atoms with Crippen LogP contribution in [0.3, 0.4) is 0 Å². The quantitative estimate of drug-likeness (QED) is 0.600. The molecule has 6 nitrogen and oxygen atoms in total. The summed E-state index contributed by atoms with van der Waals surface area (Å²) in [7, 11) is -3.87. The second kappa shape index (κ2) is 7.51. The molecule has 7 heteroatoms. The van der Waals surface area contributed by atoms with Crippen molar-refractivity contribution < 1.29 is 8.42 Å². The van der Waals surface area contributed by atoms with Crippen molar-refractivity contribution in [2.45, 2.75) is 18.2 Å². The summed E-state index contributed by atoms with van der Waals surface area (Å²) >= 11 is 0. The third kappa shape index (κ3) is 4.63. The van der Waals surface area contributed by atoms with Crippen LogP contribution in [0.1, 0.15) is 12.0 Å². The summed E-state index contributed by atoms with van der Waals surface area (Å²) in [6, 6.07) is 17.4. The van der Waals surface area contributed by atoms with E-state index in [9.17, 15) is 8.42 Å². The molecule has 0 saturated carbocycles. The molecule has 0 unspecified atom stereocenters. The number of hydrogen-bond donors (Lipinski definition) is 0. The third-order valence-corrected chi connectivity index (χ3v) is 4.22. The molecule has 0 bridgehead atoms. The lowest BCUT2D eigenvalue weighted by atomic mass is 10.2. The molecule has 2 aromatic rings. The maximum absolute atomic E-state index is 12.2. The Morgan fingerprint density at radius 1 is 1.09 bits per heavy atom. The molecule has 0 heterocycles. The fraction of sp³-hybridized carbons (Fsp3) is 0.188. The van der Waals surface area contributed by atoms with E-state index < -0.39 is 10.0 Å². The number of nitriles is 1. The van der Waals surface area contributed by atoms with E-state index in [4.69, 9.17) is 5.26 Å². The van der Waals surface area contributed by atoms with E-state index in [1.165, 1.54) is 17.1 Å². The molecular formula is C16H16N4O2S. The van der Waals surface area contributed by atoms with Gasteiger partial charge in [0.1, 0.15) is 0 Å². The maximum atomic E-state index is 12.2. The van der Waals surface area contributed by atoms with E-state index in [0.717, 1.165) is 5.56 Å². The largest absolute Gasteiger partial charge is 0.301 e. The Hall–Kier alpha value is -2.72. The van der Waals surface area contributed by atoms with Gasteiger partial charge in [0.2, 0.25) is 0 Å². The van der Waals surface area contributed by atoms with Gasteiger partial charge in [-0.3, -0.25) is 0 Å². The standard InChI is InChI=1S/C16H16N4O2S/c1-14-8-10-16(11-9-14)23(21,22)19-18-20(13-5-12-17)15-6-3-2-4-7-15/h2-4,6-11H,5,13H2,1H3. The van der Waals surface area contributed by atoms with Gasteiger partial charge in [-0.05, 0) is 35.7 Å². The van der Waals surface area contributed by atoms with Gasteiger partial charge in [0, 0.05) is 0 Å². The zero-order valence-electron chi connectivity index (χ0n) is 12.6. The minimum absolute atomic E-state index is 0.0835. The van der Waals surface area contributed by atoms with Crippen molar-refractivity contribution in [2.24, 2.45) is 9.74 Å². The highest BCUT2D eigenvalue weighted by Gasteiger charge is 2.14. The van der Waals surface area contributed by atoms with Crippen LogP contribution in [0.2, 0.25) is 0 Å². The van der Waals surface area contributed by atoms with Crippen LogP contribution in [0, 0.1) is 18.3 Å². The summed E-state index contributed by atoms with van der Waals surface area (Å²) in [6.07, 6.45) is 0.207. The Morgan fingerprint density at radius 3 is 2.35 bits per heavy atom. The Balaban J connectivity index is 2.26. The van der Waals surface area contributed by atoms with Crippen LogP contribution < -0.4 is 5.01 Å². The molecule has 0 aliphatic rings. The predicted octanol–water partition coefficient (Wildman–Crippen LogP) is 3.47. The molecule has 0 radical (unpaired) electrons. The zero-order valence-corrected chi connectivity index (χ0v) is 13.4. The molecule has 0 atom stereocenters. The summed E-state index contributed by atoms with van der Waals surface area (Å²) in [6.45, 7) is 2.13. The molecule has 118 valence electrons.